The molecule has 146 valence electrons. The summed E-state index contributed by atoms with van der Waals surface area (Å²) in [5, 5.41) is 0. The SMILES string of the molecule is CC(C)(C)OC(=O)COC1CCC(c2ccc(OS(C)(=O)=O)cc2)CC1. The average Bonchev–Trinajstić information content (AvgIpc) is 2.51. The Balaban J connectivity index is 1.78. The molecule has 0 unspecified atom stereocenters. The lowest BCUT2D eigenvalue weighted by atomic mass is 9.83. The van der Waals surface area contributed by atoms with Crippen LogP contribution in [-0.4, -0.2) is 39.0 Å². The highest BCUT2D eigenvalue weighted by molar-refractivity contribution is 7.86. The third-order valence-corrected chi connectivity index (χ3v) is 4.63. The Bertz CT molecular complexity index is 695. The first-order valence-electron chi connectivity index (χ1n) is 8.85. The third kappa shape index (κ3) is 7.33. The number of carbonyl (C=O) groups excluding carboxylic acids is 1. The molecular weight excluding hydrogens is 356 g/mol. The number of ether oxygens (including phenoxy) is 2. The Labute approximate surface area is 156 Å². The summed E-state index contributed by atoms with van der Waals surface area (Å²) < 4.78 is 38.1. The molecule has 0 amide bonds. The van der Waals surface area contributed by atoms with E-state index in [1.54, 1.807) is 12.1 Å². The normalized spacial score (nSPS) is 21.2. The zero-order valence-corrected chi connectivity index (χ0v) is 16.7. The molecule has 1 fully saturated rings. The fourth-order valence-corrected chi connectivity index (χ4v) is 3.55. The van der Waals surface area contributed by atoms with Crippen molar-refractivity contribution in [3.63, 3.8) is 0 Å². The third-order valence-electron chi connectivity index (χ3n) is 4.13. The highest BCUT2D eigenvalue weighted by Crippen LogP contribution is 2.34. The Morgan fingerprint density at radius 2 is 1.65 bits per heavy atom. The van der Waals surface area contributed by atoms with Gasteiger partial charge in [0.2, 0.25) is 0 Å². The van der Waals surface area contributed by atoms with E-state index in [1.165, 1.54) is 0 Å². The van der Waals surface area contributed by atoms with Crippen molar-refractivity contribution in [2.24, 2.45) is 0 Å². The molecule has 0 aliphatic heterocycles. The van der Waals surface area contributed by atoms with Crippen molar-refractivity contribution in [2.75, 3.05) is 12.9 Å². The van der Waals surface area contributed by atoms with Crippen molar-refractivity contribution in [1.82, 2.24) is 0 Å². The van der Waals surface area contributed by atoms with Gasteiger partial charge in [-0.1, -0.05) is 12.1 Å². The highest BCUT2D eigenvalue weighted by atomic mass is 32.2. The van der Waals surface area contributed by atoms with E-state index in [9.17, 15) is 13.2 Å². The Hall–Kier alpha value is -1.60. The maximum Gasteiger partial charge on any atom is 0.332 e. The molecule has 2 rings (SSSR count). The van der Waals surface area contributed by atoms with Crippen LogP contribution in [0.25, 0.3) is 0 Å². The Morgan fingerprint density at radius 1 is 1.08 bits per heavy atom. The van der Waals surface area contributed by atoms with E-state index >= 15 is 0 Å². The van der Waals surface area contributed by atoms with Crippen molar-refractivity contribution in [3.8, 4) is 5.75 Å². The molecular formula is C19H28O6S. The first-order valence-corrected chi connectivity index (χ1v) is 10.7. The van der Waals surface area contributed by atoms with Crippen LogP contribution < -0.4 is 4.18 Å². The van der Waals surface area contributed by atoms with E-state index in [2.05, 4.69) is 0 Å². The molecule has 0 bridgehead atoms. The zero-order chi connectivity index (χ0) is 19.4. The predicted molar refractivity (Wildman–Crippen MR) is 98.7 cm³/mol. The minimum absolute atomic E-state index is 0.00979. The van der Waals surface area contributed by atoms with Gasteiger partial charge in [0.1, 0.15) is 18.0 Å². The quantitative estimate of drug-likeness (QED) is 0.552. The summed E-state index contributed by atoms with van der Waals surface area (Å²) in [7, 11) is -3.50. The number of hydrogen-bond donors (Lipinski definition) is 0. The Kier molecular flexibility index (Phi) is 6.69. The van der Waals surface area contributed by atoms with Crippen molar-refractivity contribution in [2.45, 2.75) is 64.1 Å². The van der Waals surface area contributed by atoms with Gasteiger partial charge in [0.25, 0.3) is 0 Å². The molecule has 1 saturated carbocycles. The van der Waals surface area contributed by atoms with E-state index in [0.717, 1.165) is 37.5 Å². The standard InChI is InChI=1S/C19H28O6S/c1-19(2,3)24-18(20)13-23-16-9-5-14(6-10-16)15-7-11-17(12-8-15)25-26(4,21)22/h7-8,11-12,14,16H,5-6,9-10,13H2,1-4H3. The fourth-order valence-electron chi connectivity index (χ4n) is 3.09. The van der Waals surface area contributed by atoms with Crippen LogP contribution in [0.5, 0.6) is 5.75 Å². The molecule has 0 atom stereocenters. The second-order valence-electron chi connectivity index (χ2n) is 7.73. The van der Waals surface area contributed by atoms with Crippen LogP contribution in [-0.2, 0) is 24.4 Å². The number of esters is 1. The Morgan fingerprint density at radius 3 is 2.15 bits per heavy atom. The maximum atomic E-state index is 11.7. The van der Waals surface area contributed by atoms with Gasteiger partial charge in [0, 0.05) is 0 Å². The van der Waals surface area contributed by atoms with Gasteiger partial charge >= 0.3 is 16.1 Å². The molecule has 1 aliphatic carbocycles. The van der Waals surface area contributed by atoms with Crippen LogP contribution in [0, 0.1) is 0 Å². The van der Waals surface area contributed by atoms with E-state index in [4.69, 9.17) is 13.7 Å². The largest absolute Gasteiger partial charge is 0.458 e. The highest BCUT2D eigenvalue weighted by Gasteiger charge is 2.24. The second kappa shape index (κ2) is 8.39. The molecule has 0 heterocycles. The lowest BCUT2D eigenvalue weighted by Gasteiger charge is -2.29. The van der Waals surface area contributed by atoms with Crippen LogP contribution in [0.15, 0.2) is 24.3 Å². The van der Waals surface area contributed by atoms with Gasteiger partial charge in [-0.05, 0) is 70.1 Å². The second-order valence-corrected chi connectivity index (χ2v) is 9.30. The van der Waals surface area contributed by atoms with Crippen molar-refractivity contribution in [3.05, 3.63) is 29.8 Å². The number of carbonyl (C=O) groups is 1. The molecule has 1 aromatic carbocycles. The van der Waals surface area contributed by atoms with Crippen molar-refractivity contribution >= 4 is 16.1 Å². The topological polar surface area (TPSA) is 78.9 Å². The van der Waals surface area contributed by atoms with Crippen molar-refractivity contribution < 1.29 is 26.9 Å². The monoisotopic (exact) mass is 384 g/mol. The van der Waals surface area contributed by atoms with Crippen molar-refractivity contribution in [1.29, 1.82) is 0 Å². The summed E-state index contributed by atoms with van der Waals surface area (Å²) in [6, 6.07) is 7.18. The van der Waals surface area contributed by atoms with Gasteiger partial charge < -0.3 is 13.7 Å². The molecule has 0 aromatic heterocycles. The minimum atomic E-state index is -3.50. The van der Waals surface area contributed by atoms with Crippen LogP contribution >= 0.6 is 0 Å². The summed E-state index contributed by atoms with van der Waals surface area (Å²) in [6.07, 6.45) is 4.80. The molecule has 0 spiro atoms. The van der Waals surface area contributed by atoms with E-state index in [-0.39, 0.29) is 18.7 Å². The van der Waals surface area contributed by atoms with E-state index < -0.39 is 15.7 Å². The average molecular weight is 384 g/mol. The maximum absolute atomic E-state index is 11.7. The van der Waals surface area contributed by atoms with Crippen LogP contribution in [0.4, 0.5) is 0 Å². The molecule has 1 aromatic rings. The summed E-state index contributed by atoms with van der Waals surface area (Å²) >= 11 is 0. The first kappa shape index (κ1) is 20.7. The summed E-state index contributed by atoms with van der Waals surface area (Å²) in [5.74, 6) is 0.398. The molecule has 26 heavy (non-hydrogen) atoms. The van der Waals surface area contributed by atoms with Gasteiger partial charge in [0.15, 0.2) is 0 Å². The minimum Gasteiger partial charge on any atom is -0.458 e. The number of rotatable bonds is 6. The molecule has 0 radical (unpaired) electrons. The number of benzene rings is 1. The van der Waals surface area contributed by atoms with Crippen LogP contribution in [0.2, 0.25) is 0 Å². The smallest absolute Gasteiger partial charge is 0.332 e. The van der Waals surface area contributed by atoms with Crippen LogP contribution in [0.3, 0.4) is 0 Å². The summed E-state index contributed by atoms with van der Waals surface area (Å²) in [4.78, 5) is 11.7. The number of hydrogen-bond acceptors (Lipinski definition) is 6. The molecule has 1 aliphatic rings. The van der Waals surface area contributed by atoms with E-state index in [0.29, 0.717) is 11.7 Å². The molecule has 6 nitrogen and oxygen atoms in total. The van der Waals surface area contributed by atoms with Gasteiger partial charge in [-0.3, -0.25) is 0 Å². The fraction of sp³-hybridized carbons (Fsp3) is 0.632. The van der Waals surface area contributed by atoms with Gasteiger partial charge in [-0.25, -0.2) is 4.79 Å². The first-order chi connectivity index (χ1) is 12.0. The molecule has 0 saturated heterocycles. The van der Waals surface area contributed by atoms with E-state index in [1.807, 2.05) is 32.9 Å². The van der Waals surface area contributed by atoms with Gasteiger partial charge in [-0.2, -0.15) is 8.42 Å². The summed E-state index contributed by atoms with van der Waals surface area (Å²) in [5.41, 5.74) is 0.668. The predicted octanol–water partition coefficient (Wildman–Crippen LogP) is 3.41. The lowest BCUT2D eigenvalue weighted by Crippen LogP contribution is -2.29. The van der Waals surface area contributed by atoms with Gasteiger partial charge in [-0.15, -0.1) is 0 Å². The van der Waals surface area contributed by atoms with Crippen LogP contribution in [0.1, 0.15) is 57.9 Å². The van der Waals surface area contributed by atoms with Gasteiger partial charge in [0.05, 0.1) is 12.4 Å². The molecule has 7 heteroatoms. The molecule has 0 N–H and O–H groups in total. The summed E-state index contributed by atoms with van der Waals surface area (Å²) in [6.45, 7) is 5.50. The zero-order valence-electron chi connectivity index (χ0n) is 15.9. The lowest BCUT2D eigenvalue weighted by molar-refractivity contribution is -0.162.